The van der Waals surface area contributed by atoms with Gasteiger partial charge in [-0.05, 0) is 36.9 Å². The van der Waals surface area contributed by atoms with E-state index in [1.165, 1.54) is 0 Å². The van der Waals surface area contributed by atoms with Gasteiger partial charge >= 0.3 is 6.03 Å². The van der Waals surface area contributed by atoms with Crippen LogP contribution in [0.25, 0.3) is 22.0 Å². The topological polar surface area (TPSA) is 113 Å². The zero-order valence-electron chi connectivity index (χ0n) is 14.7. The van der Waals surface area contributed by atoms with E-state index in [-0.39, 0.29) is 12.6 Å². The van der Waals surface area contributed by atoms with Crippen LogP contribution in [0.3, 0.4) is 0 Å². The number of amides is 2. The third-order valence-corrected chi connectivity index (χ3v) is 4.06. The number of aryl methyl sites for hydroxylation is 1. The van der Waals surface area contributed by atoms with Gasteiger partial charge in [0.15, 0.2) is 0 Å². The number of urea groups is 1. The van der Waals surface area contributed by atoms with Crippen molar-refractivity contribution in [2.24, 2.45) is 0 Å². The van der Waals surface area contributed by atoms with Gasteiger partial charge in [0.05, 0.1) is 18.3 Å². The molecular formula is C19H21N5O2. The number of nitrogens with zero attached hydrogens (tertiary/aromatic N) is 2. The number of nitrogens with one attached hydrogen (secondary N) is 2. The maximum absolute atomic E-state index is 11.9. The summed E-state index contributed by atoms with van der Waals surface area (Å²) in [5.74, 6) is 0.777. The Balaban J connectivity index is 1.95. The SMILES string of the molecule is Cc1ccccc1-c1cc2cc(NC(=O)N[C@@H](C)CO)ncc2c(N)n1. The average molecular weight is 351 g/mol. The number of carbonyl (C=O) groups is 1. The minimum Gasteiger partial charge on any atom is -0.394 e. The molecule has 0 saturated carbocycles. The standard InChI is InChI=1S/C19H21N5O2/c1-11-5-3-4-6-14(11)16-7-13-8-17(21-9-15(13)18(20)23-16)24-19(26)22-12(2)10-25/h3-9,12,25H,10H2,1-2H3,(H2,20,23)(H2,21,22,24,26)/t12-/m0/s1. The van der Waals surface area contributed by atoms with Crippen LogP contribution in [0.5, 0.6) is 0 Å². The van der Waals surface area contributed by atoms with Gasteiger partial charge in [0.2, 0.25) is 0 Å². The number of rotatable bonds is 4. The number of aromatic nitrogens is 2. The second kappa shape index (κ2) is 7.37. The van der Waals surface area contributed by atoms with Crippen molar-refractivity contribution in [2.75, 3.05) is 17.7 Å². The molecule has 3 aromatic rings. The number of nitrogens with two attached hydrogens (primary N) is 1. The Morgan fingerprint density at radius 3 is 2.81 bits per heavy atom. The fraction of sp³-hybridized carbons (Fsp3) is 0.211. The van der Waals surface area contributed by atoms with Gasteiger partial charge in [0.25, 0.3) is 0 Å². The molecule has 0 radical (unpaired) electrons. The maximum atomic E-state index is 11.9. The zero-order chi connectivity index (χ0) is 18.7. The van der Waals surface area contributed by atoms with Gasteiger partial charge in [-0.2, -0.15) is 0 Å². The Morgan fingerprint density at radius 2 is 2.08 bits per heavy atom. The van der Waals surface area contributed by atoms with Crippen LogP contribution in [0.4, 0.5) is 16.4 Å². The Hall–Kier alpha value is -3.19. The molecule has 0 saturated heterocycles. The van der Waals surface area contributed by atoms with Gasteiger partial charge in [-0.15, -0.1) is 0 Å². The van der Waals surface area contributed by atoms with Gasteiger partial charge < -0.3 is 16.2 Å². The molecule has 7 heteroatoms. The van der Waals surface area contributed by atoms with E-state index in [4.69, 9.17) is 10.8 Å². The lowest BCUT2D eigenvalue weighted by atomic mass is 10.0. The minimum absolute atomic E-state index is 0.138. The lowest BCUT2D eigenvalue weighted by Gasteiger charge is -2.12. The first kappa shape index (κ1) is 17.6. The highest BCUT2D eigenvalue weighted by Crippen LogP contribution is 2.28. The molecule has 5 N–H and O–H groups in total. The molecule has 0 aliphatic heterocycles. The molecule has 2 heterocycles. The summed E-state index contributed by atoms with van der Waals surface area (Å²) in [4.78, 5) is 20.6. The first-order chi connectivity index (χ1) is 12.5. The Morgan fingerprint density at radius 1 is 1.31 bits per heavy atom. The number of nitrogen functional groups attached to an aromatic ring is 1. The van der Waals surface area contributed by atoms with E-state index in [1.807, 2.05) is 37.3 Å². The molecule has 1 atom stereocenters. The molecule has 0 aliphatic rings. The molecule has 0 spiro atoms. The smallest absolute Gasteiger partial charge is 0.320 e. The molecule has 2 amide bonds. The number of hydrogen-bond acceptors (Lipinski definition) is 5. The van der Waals surface area contributed by atoms with E-state index in [9.17, 15) is 4.79 Å². The van der Waals surface area contributed by atoms with Gasteiger partial charge in [-0.25, -0.2) is 14.8 Å². The summed E-state index contributed by atoms with van der Waals surface area (Å²) in [6, 6.07) is 10.8. The van der Waals surface area contributed by atoms with Crippen LogP contribution >= 0.6 is 0 Å². The number of fused-ring (bicyclic) bond motifs is 1. The average Bonchev–Trinajstić information content (AvgIpc) is 2.61. The molecule has 3 rings (SSSR count). The number of aliphatic hydroxyl groups is 1. The normalized spacial score (nSPS) is 12.0. The monoisotopic (exact) mass is 351 g/mol. The van der Waals surface area contributed by atoms with Crippen molar-refractivity contribution in [3.05, 3.63) is 48.2 Å². The van der Waals surface area contributed by atoms with Crippen LogP contribution in [-0.4, -0.2) is 33.8 Å². The van der Waals surface area contributed by atoms with Crippen molar-refractivity contribution in [3.63, 3.8) is 0 Å². The van der Waals surface area contributed by atoms with Crippen LogP contribution in [0.1, 0.15) is 12.5 Å². The van der Waals surface area contributed by atoms with Crippen LogP contribution in [0, 0.1) is 6.92 Å². The Bertz CT molecular complexity index is 958. The summed E-state index contributed by atoms with van der Waals surface area (Å²) < 4.78 is 0. The van der Waals surface area contributed by atoms with Gasteiger partial charge in [0.1, 0.15) is 11.6 Å². The third-order valence-electron chi connectivity index (χ3n) is 4.06. The first-order valence-corrected chi connectivity index (χ1v) is 8.28. The second-order valence-electron chi connectivity index (χ2n) is 6.18. The van der Waals surface area contributed by atoms with Crippen LogP contribution < -0.4 is 16.4 Å². The largest absolute Gasteiger partial charge is 0.394 e. The van der Waals surface area contributed by atoms with E-state index >= 15 is 0 Å². The van der Waals surface area contributed by atoms with E-state index in [1.54, 1.807) is 19.2 Å². The maximum Gasteiger partial charge on any atom is 0.320 e. The van der Waals surface area contributed by atoms with Crippen molar-refractivity contribution < 1.29 is 9.90 Å². The quantitative estimate of drug-likeness (QED) is 0.577. The number of benzene rings is 1. The third kappa shape index (κ3) is 3.73. The van der Waals surface area contributed by atoms with Crippen molar-refractivity contribution in [1.29, 1.82) is 0 Å². The molecular weight excluding hydrogens is 330 g/mol. The summed E-state index contributed by atoms with van der Waals surface area (Å²) in [6.07, 6.45) is 1.59. The van der Waals surface area contributed by atoms with E-state index in [0.29, 0.717) is 11.6 Å². The molecule has 134 valence electrons. The highest BCUT2D eigenvalue weighted by atomic mass is 16.3. The molecule has 0 unspecified atom stereocenters. The fourth-order valence-electron chi connectivity index (χ4n) is 2.66. The van der Waals surface area contributed by atoms with Crippen LogP contribution in [0.2, 0.25) is 0 Å². The summed E-state index contributed by atoms with van der Waals surface area (Å²) in [5, 5.41) is 15.8. The van der Waals surface area contributed by atoms with Gasteiger partial charge in [-0.1, -0.05) is 24.3 Å². The molecule has 2 aromatic heterocycles. The number of hydrogen-bond donors (Lipinski definition) is 4. The lowest BCUT2D eigenvalue weighted by Crippen LogP contribution is -2.38. The molecule has 26 heavy (non-hydrogen) atoms. The molecule has 7 nitrogen and oxygen atoms in total. The highest BCUT2D eigenvalue weighted by molar-refractivity contribution is 5.97. The van der Waals surface area contributed by atoms with E-state index in [0.717, 1.165) is 27.6 Å². The predicted molar refractivity (Wildman–Crippen MR) is 103 cm³/mol. The van der Waals surface area contributed by atoms with Crippen molar-refractivity contribution in [1.82, 2.24) is 15.3 Å². The van der Waals surface area contributed by atoms with Gasteiger partial charge in [0, 0.05) is 17.1 Å². The number of carbonyl (C=O) groups excluding carboxylic acids is 1. The highest BCUT2D eigenvalue weighted by Gasteiger charge is 2.11. The summed E-state index contributed by atoms with van der Waals surface area (Å²) >= 11 is 0. The molecule has 0 fully saturated rings. The first-order valence-electron chi connectivity index (χ1n) is 8.28. The second-order valence-corrected chi connectivity index (χ2v) is 6.18. The predicted octanol–water partition coefficient (Wildman–Crippen LogP) is 2.69. The molecule has 1 aromatic carbocycles. The molecule has 0 aliphatic carbocycles. The van der Waals surface area contributed by atoms with Gasteiger partial charge in [-0.3, -0.25) is 5.32 Å². The number of pyridine rings is 2. The lowest BCUT2D eigenvalue weighted by molar-refractivity contribution is 0.229. The van der Waals surface area contributed by atoms with Crippen molar-refractivity contribution >= 4 is 28.4 Å². The summed E-state index contributed by atoms with van der Waals surface area (Å²) in [5.41, 5.74) is 8.97. The van der Waals surface area contributed by atoms with Crippen LogP contribution in [0.15, 0.2) is 42.6 Å². The summed E-state index contributed by atoms with van der Waals surface area (Å²) in [7, 11) is 0. The summed E-state index contributed by atoms with van der Waals surface area (Å²) in [6.45, 7) is 3.58. The fourth-order valence-corrected chi connectivity index (χ4v) is 2.66. The van der Waals surface area contributed by atoms with Crippen molar-refractivity contribution in [3.8, 4) is 11.3 Å². The zero-order valence-corrected chi connectivity index (χ0v) is 14.7. The van der Waals surface area contributed by atoms with Crippen molar-refractivity contribution in [2.45, 2.75) is 19.9 Å². The number of anilines is 2. The Labute approximate surface area is 151 Å². The van der Waals surface area contributed by atoms with Crippen LogP contribution in [-0.2, 0) is 0 Å². The Kier molecular flexibility index (Phi) is 4.99. The van der Waals surface area contributed by atoms with E-state index < -0.39 is 6.03 Å². The number of aliphatic hydroxyl groups excluding tert-OH is 1. The van der Waals surface area contributed by atoms with E-state index in [2.05, 4.69) is 20.6 Å². The minimum atomic E-state index is -0.431. The molecule has 0 bridgehead atoms.